The Kier molecular flexibility index (Phi) is 4.24. The maximum absolute atomic E-state index is 5.48. The number of benzene rings is 1. The van der Waals surface area contributed by atoms with Crippen molar-refractivity contribution in [3.8, 4) is 5.75 Å². The SMILES string of the molecule is C=CCOc1ccc(CNCC2C(C)(C)C2(C)C)cc1. The van der Waals surface area contributed by atoms with Crippen molar-refractivity contribution in [2.45, 2.75) is 34.2 Å². The molecule has 2 heteroatoms. The Bertz CT molecular complexity index is 445. The summed E-state index contributed by atoms with van der Waals surface area (Å²) in [6, 6.07) is 8.28. The Labute approximate surface area is 123 Å². The molecule has 1 fully saturated rings. The number of hydrogen-bond donors (Lipinski definition) is 1. The molecule has 1 aliphatic rings. The van der Waals surface area contributed by atoms with Gasteiger partial charge in [-0.1, -0.05) is 52.5 Å². The van der Waals surface area contributed by atoms with Gasteiger partial charge in [0, 0.05) is 6.54 Å². The van der Waals surface area contributed by atoms with Crippen molar-refractivity contribution >= 4 is 0 Å². The molecule has 0 aromatic heterocycles. The summed E-state index contributed by atoms with van der Waals surface area (Å²) in [6.07, 6.45) is 1.76. The fourth-order valence-electron chi connectivity index (χ4n) is 3.06. The van der Waals surface area contributed by atoms with Crippen LogP contribution in [0.3, 0.4) is 0 Å². The number of hydrogen-bond acceptors (Lipinski definition) is 2. The monoisotopic (exact) mass is 273 g/mol. The third-order valence-corrected chi connectivity index (χ3v) is 5.29. The van der Waals surface area contributed by atoms with Crippen LogP contribution in [0.15, 0.2) is 36.9 Å². The molecule has 0 heterocycles. The molecule has 1 aliphatic carbocycles. The maximum Gasteiger partial charge on any atom is 0.119 e. The first-order chi connectivity index (χ1) is 9.39. The van der Waals surface area contributed by atoms with Gasteiger partial charge >= 0.3 is 0 Å². The Balaban J connectivity index is 1.76. The number of nitrogens with one attached hydrogen (secondary N) is 1. The quantitative estimate of drug-likeness (QED) is 0.758. The van der Waals surface area contributed by atoms with Crippen molar-refractivity contribution in [3.63, 3.8) is 0 Å². The van der Waals surface area contributed by atoms with E-state index in [0.717, 1.165) is 24.8 Å². The van der Waals surface area contributed by atoms with Gasteiger partial charge < -0.3 is 10.1 Å². The van der Waals surface area contributed by atoms with Crippen molar-refractivity contribution in [2.75, 3.05) is 13.2 Å². The minimum atomic E-state index is 0.461. The van der Waals surface area contributed by atoms with Crippen LogP contribution in [0, 0.1) is 16.7 Å². The zero-order chi connectivity index (χ0) is 14.8. The molecule has 0 aliphatic heterocycles. The van der Waals surface area contributed by atoms with Gasteiger partial charge in [0.15, 0.2) is 0 Å². The molecule has 1 N–H and O–H groups in total. The van der Waals surface area contributed by atoms with Crippen LogP contribution >= 0.6 is 0 Å². The molecule has 0 spiro atoms. The van der Waals surface area contributed by atoms with Gasteiger partial charge in [-0.05, 0) is 41.0 Å². The zero-order valence-electron chi connectivity index (χ0n) is 13.2. The van der Waals surface area contributed by atoms with Crippen molar-refractivity contribution < 1.29 is 4.74 Å². The Morgan fingerprint density at radius 2 is 1.75 bits per heavy atom. The second kappa shape index (κ2) is 5.61. The van der Waals surface area contributed by atoms with E-state index < -0.39 is 0 Å². The van der Waals surface area contributed by atoms with Crippen molar-refractivity contribution in [2.24, 2.45) is 16.7 Å². The molecule has 1 saturated carbocycles. The third kappa shape index (κ3) is 2.90. The molecule has 2 nitrogen and oxygen atoms in total. The average Bonchev–Trinajstić information content (AvgIpc) is 2.80. The van der Waals surface area contributed by atoms with E-state index in [0.29, 0.717) is 17.4 Å². The van der Waals surface area contributed by atoms with Crippen LogP contribution in [0.5, 0.6) is 5.75 Å². The highest BCUT2D eigenvalue weighted by atomic mass is 16.5. The number of rotatable bonds is 7. The minimum Gasteiger partial charge on any atom is -0.490 e. The molecule has 0 atom stereocenters. The molecular weight excluding hydrogens is 246 g/mol. The van der Waals surface area contributed by atoms with E-state index >= 15 is 0 Å². The highest BCUT2D eigenvalue weighted by Crippen LogP contribution is 2.67. The first-order valence-corrected chi connectivity index (χ1v) is 7.43. The van der Waals surface area contributed by atoms with Crippen LogP contribution in [0.1, 0.15) is 33.3 Å². The molecule has 0 unspecified atom stereocenters. The van der Waals surface area contributed by atoms with Gasteiger partial charge in [0.1, 0.15) is 12.4 Å². The van der Waals surface area contributed by atoms with Gasteiger partial charge in [-0.2, -0.15) is 0 Å². The second-order valence-electron chi connectivity index (χ2n) is 6.87. The van der Waals surface area contributed by atoms with E-state index in [2.05, 4.69) is 51.7 Å². The summed E-state index contributed by atoms with van der Waals surface area (Å²) in [5.41, 5.74) is 2.22. The Hall–Kier alpha value is -1.28. The van der Waals surface area contributed by atoms with E-state index in [-0.39, 0.29) is 0 Å². The minimum absolute atomic E-state index is 0.461. The topological polar surface area (TPSA) is 21.3 Å². The van der Waals surface area contributed by atoms with Gasteiger partial charge in [0.25, 0.3) is 0 Å². The molecule has 20 heavy (non-hydrogen) atoms. The lowest BCUT2D eigenvalue weighted by atomic mass is 10.0. The van der Waals surface area contributed by atoms with Crippen LogP contribution in [0.25, 0.3) is 0 Å². The largest absolute Gasteiger partial charge is 0.490 e. The molecule has 2 rings (SSSR count). The first kappa shape index (κ1) is 15.1. The predicted molar refractivity (Wildman–Crippen MR) is 84.9 cm³/mol. The fourth-order valence-corrected chi connectivity index (χ4v) is 3.06. The summed E-state index contributed by atoms with van der Waals surface area (Å²) >= 11 is 0. The van der Waals surface area contributed by atoms with Crippen LogP contribution in [-0.2, 0) is 6.54 Å². The van der Waals surface area contributed by atoms with Gasteiger partial charge in [-0.15, -0.1) is 0 Å². The van der Waals surface area contributed by atoms with Crippen molar-refractivity contribution in [1.82, 2.24) is 5.32 Å². The molecule has 0 saturated heterocycles. The summed E-state index contributed by atoms with van der Waals surface area (Å²) < 4.78 is 5.48. The third-order valence-electron chi connectivity index (χ3n) is 5.29. The Morgan fingerprint density at radius 1 is 1.15 bits per heavy atom. The molecule has 1 aromatic carbocycles. The van der Waals surface area contributed by atoms with Gasteiger partial charge in [0.2, 0.25) is 0 Å². The van der Waals surface area contributed by atoms with E-state index in [1.807, 2.05) is 12.1 Å². The van der Waals surface area contributed by atoms with Crippen LogP contribution in [0.4, 0.5) is 0 Å². The summed E-state index contributed by atoms with van der Waals surface area (Å²) in [4.78, 5) is 0. The lowest BCUT2D eigenvalue weighted by Gasteiger charge is -2.08. The van der Waals surface area contributed by atoms with Crippen molar-refractivity contribution in [3.05, 3.63) is 42.5 Å². The molecule has 1 aromatic rings. The van der Waals surface area contributed by atoms with E-state index in [9.17, 15) is 0 Å². The Morgan fingerprint density at radius 3 is 2.25 bits per heavy atom. The van der Waals surface area contributed by atoms with Gasteiger partial charge in [-0.3, -0.25) is 0 Å². The molecule has 0 bridgehead atoms. The van der Waals surface area contributed by atoms with Crippen LogP contribution < -0.4 is 10.1 Å². The summed E-state index contributed by atoms with van der Waals surface area (Å²) in [5.74, 6) is 1.67. The van der Waals surface area contributed by atoms with Gasteiger partial charge in [0.05, 0.1) is 0 Å². The highest BCUT2D eigenvalue weighted by molar-refractivity contribution is 5.27. The van der Waals surface area contributed by atoms with Crippen LogP contribution in [-0.4, -0.2) is 13.2 Å². The second-order valence-corrected chi connectivity index (χ2v) is 6.87. The summed E-state index contributed by atoms with van der Waals surface area (Å²) in [7, 11) is 0. The van der Waals surface area contributed by atoms with Crippen LogP contribution in [0.2, 0.25) is 0 Å². The summed E-state index contributed by atoms with van der Waals surface area (Å²) in [5, 5.41) is 3.58. The lowest BCUT2D eigenvalue weighted by Crippen LogP contribution is -2.18. The average molecular weight is 273 g/mol. The zero-order valence-corrected chi connectivity index (χ0v) is 13.2. The predicted octanol–water partition coefficient (Wildman–Crippen LogP) is 4.02. The lowest BCUT2D eigenvalue weighted by molar-refractivity contribution is 0.363. The smallest absolute Gasteiger partial charge is 0.119 e. The molecular formula is C18H27NO. The van der Waals surface area contributed by atoms with E-state index in [1.165, 1.54) is 5.56 Å². The molecule has 0 amide bonds. The first-order valence-electron chi connectivity index (χ1n) is 7.43. The van der Waals surface area contributed by atoms with Crippen molar-refractivity contribution in [1.29, 1.82) is 0 Å². The van der Waals surface area contributed by atoms with Gasteiger partial charge in [-0.25, -0.2) is 0 Å². The summed E-state index contributed by atoms with van der Waals surface area (Å²) in [6.45, 7) is 15.7. The number of ether oxygens (including phenoxy) is 1. The van der Waals surface area contributed by atoms with E-state index in [1.54, 1.807) is 6.08 Å². The normalized spacial score (nSPS) is 19.6. The molecule has 0 radical (unpaired) electrons. The maximum atomic E-state index is 5.48. The fraction of sp³-hybridized carbons (Fsp3) is 0.556. The molecule has 110 valence electrons. The highest BCUT2D eigenvalue weighted by Gasteiger charge is 2.63. The standard InChI is InChI=1S/C18H27NO/c1-6-11-20-15-9-7-14(8-10-15)12-19-13-16-17(2,3)18(16,4)5/h6-10,16,19H,1,11-13H2,2-5H3. The van der Waals surface area contributed by atoms with E-state index in [4.69, 9.17) is 4.74 Å².